The fraction of sp³-hybridized carbons (Fsp3) is 0.333. The molecule has 0 atom stereocenters. The third-order valence-electron chi connectivity index (χ3n) is 1.15. The van der Waals surface area contributed by atoms with Crippen molar-refractivity contribution in [3.05, 3.63) is 23.8 Å². The monoisotopic (exact) mass is 206 g/mol. The number of nitrogens with zero attached hydrogens (tertiary/aromatic N) is 2. The van der Waals surface area contributed by atoms with Crippen molar-refractivity contribution in [1.82, 2.24) is 9.97 Å². The Morgan fingerprint density at radius 3 is 2.75 bits per heavy atom. The zero-order chi connectivity index (χ0) is 9.19. The van der Waals surface area contributed by atoms with Crippen molar-refractivity contribution in [2.75, 3.05) is 0 Å². The first kappa shape index (κ1) is 9.41. The van der Waals surface area contributed by atoms with Crippen LogP contribution in [0.15, 0.2) is 12.3 Å². The minimum Gasteiger partial charge on any atom is -0.240 e. The second-order valence-corrected chi connectivity index (χ2v) is 5.07. The molecular weight excluding hydrogens is 200 g/mol. The Bertz CT molecular complexity index is 377. The normalized spacial score (nSPS) is 11.5. The second-order valence-electron chi connectivity index (χ2n) is 2.30. The summed E-state index contributed by atoms with van der Waals surface area (Å²) in [4.78, 5) is 7.63. The molecule has 0 spiro atoms. The highest BCUT2D eigenvalue weighted by molar-refractivity contribution is 8.13. The third kappa shape index (κ3) is 3.15. The lowest BCUT2D eigenvalue weighted by molar-refractivity contribution is 0.607. The lowest BCUT2D eigenvalue weighted by atomic mass is 10.4. The highest BCUT2D eigenvalue weighted by Gasteiger charge is 2.08. The lowest BCUT2D eigenvalue weighted by Crippen LogP contribution is -2.01. The van der Waals surface area contributed by atoms with Crippen LogP contribution < -0.4 is 0 Å². The molecule has 0 aliphatic rings. The van der Waals surface area contributed by atoms with E-state index in [4.69, 9.17) is 10.7 Å². The third-order valence-corrected chi connectivity index (χ3v) is 2.08. The van der Waals surface area contributed by atoms with Gasteiger partial charge in [0.25, 0.3) is 0 Å². The summed E-state index contributed by atoms with van der Waals surface area (Å²) in [6.45, 7) is 1.76. The molecule has 0 fully saturated rings. The molecule has 0 unspecified atom stereocenters. The van der Waals surface area contributed by atoms with Crippen molar-refractivity contribution in [2.45, 2.75) is 12.7 Å². The molecule has 4 nitrogen and oxygen atoms in total. The van der Waals surface area contributed by atoms with Gasteiger partial charge in [0.15, 0.2) is 0 Å². The second kappa shape index (κ2) is 3.37. The first-order valence-corrected chi connectivity index (χ1v) is 5.66. The van der Waals surface area contributed by atoms with Crippen LogP contribution in [0, 0.1) is 6.92 Å². The van der Waals surface area contributed by atoms with E-state index in [1.807, 2.05) is 0 Å². The molecule has 1 heterocycles. The molecule has 0 amide bonds. The number of hydrogen-bond acceptors (Lipinski definition) is 4. The van der Waals surface area contributed by atoms with Crippen molar-refractivity contribution < 1.29 is 8.42 Å². The first-order chi connectivity index (χ1) is 5.47. The largest absolute Gasteiger partial charge is 0.240 e. The van der Waals surface area contributed by atoms with E-state index in [0.29, 0.717) is 0 Å². The van der Waals surface area contributed by atoms with E-state index < -0.39 is 9.05 Å². The highest BCUT2D eigenvalue weighted by Crippen LogP contribution is 2.04. The van der Waals surface area contributed by atoms with E-state index >= 15 is 0 Å². The SMILES string of the molecule is Cc1ccnc(CS(=O)(=O)Cl)n1. The fourth-order valence-electron chi connectivity index (χ4n) is 0.725. The van der Waals surface area contributed by atoms with Crippen LogP contribution in [0.25, 0.3) is 0 Å². The van der Waals surface area contributed by atoms with E-state index in [9.17, 15) is 8.42 Å². The Labute approximate surface area is 75.0 Å². The minimum absolute atomic E-state index is 0.227. The predicted octanol–water partition coefficient (Wildman–Crippen LogP) is 0.854. The van der Waals surface area contributed by atoms with Crippen molar-refractivity contribution in [1.29, 1.82) is 0 Å². The summed E-state index contributed by atoms with van der Waals surface area (Å²) in [6, 6.07) is 1.68. The Balaban J connectivity index is 2.91. The Morgan fingerprint density at radius 1 is 1.58 bits per heavy atom. The van der Waals surface area contributed by atoms with Gasteiger partial charge >= 0.3 is 0 Å². The summed E-state index contributed by atoms with van der Waals surface area (Å²) in [6.07, 6.45) is 1.50. The number of rotatable bonds is 2. The van der Waals surface area contributed by atoms with Crippen LogP contribution in [0.2, 0.25) is 0 Å². The van der Waals surface area contributed by atoms with Crippen LogP contribution in [-0.2, 0) is 14.8 Å². The van der Waals surface area contributed by atoms with Crippen LogP contribution in [0.3, 0.4) is 0 Å². The average Bonchev–Trinajstić information content (AvgIpc) is 1.82. The zero-order valence-electron chi connectivity index (χ0n) is 6.36. The molecule has 12 heavy (non-hydrogen) atoms. The first-order valence-electron chi connectivity index (χ1n) is 3.18. The molecule has 1 aromatic rings. The van der Waals surface area contributed by atoms with Gasteiger partial charge < -0.3 is 0 Å². The zero-order valence-corrected chi connectivity index (χ0v) is 7.93. The molecule has 0 saturated carbocycles. The highest BCUT2D eigenvalue weighted by atomic mass is 35.7. The van der Waals surface area contributed by atoms with Gasteiger partial charge in [0, 0.05) is 22.6 Å². The summed E-state index contributed by atoms with van der Waals surface area (Å²) in [7, 11) is 1.47. The van der Waals surface area contributed by atoms with Crippen LogP contribution in [-0.4, -0.2) is 18.4 Å². The Morgan fingerprint density at radius 2 is 2.25 bits per heavy atom. The molecule has 1 rings (SSSR count). The van der Waals surface area contributed by atoms with E-state index in [0.717, 1.165) is 5.69 Å². The van der Waals surface area contributed by atoms with Gasteiger partial charge in [-0.15, -0.1) is 0 Å². The quantitative estimate of drug-likeness (QED) is 0.674. The van der Waals surface area contributed by atoms with Gasteiger partial charge in [0.05, 0.1) is 0 Å². The molecule has 1 aromatic heterocycles. The van der Waals surface area contributed by atoms with Gasteiger partial charge in [-0.05, 0) is 13.0 Å². The topological polar surface area (TPSA) is 59.9 Å². The number of halogens is 1. The van der Waals surface area contributed by atoms with Gasteiger partial charge in [0.1, 0.15) is 11.6 Å². The molecule has 0 N–H and O–H groups in total. The summed E-state index contributed by atoms with van der Waals surface area (Å²) in [5, 5.41) is 0. The van der Waals surface area contributed by atoms with E-state index in [-0.39, 0.29) is 11.6 Å². The average molecular weight is 207 g/mol. The molecular formula is C6H7ClN2O2S. The Kier molecular flexibility index (Phi) is 2.64. The smallest absolute Gasteiger partial charge is 0.239 e. The Hall–Kier alpha value is -0.680. The fourth-order valence-corrected chi connectivity index (χ4v) is 1.46. The van der Waals surface area contributed by atoms with Gasteiger partial charge in [-0.2, -0.15) is 0 Å². The maximum absolute atomic E-state index is 10.6. The van der Waals surface area contributed by atoms with Gasteiger partial charge in [0.2, 0.25) is 9.05 Å². The molecule has 0 radical (unpaired) electrons. The van der Waals surface area contributed by atoms with Crippen LogP contribution in [0.4, 0.5) is 0 Å². The molecule has 0 aliphatic heterocycles. The maximum atomic E-state index is 10.6. The van der Waals surface area contributed by atoms with Crippen LogP contribution in [0.1, 0.15) is 11.5 Å². The summed E-state index contributed by atoms with van der Waals surface area (Å²) >= 11 is 0. The van der Waals surface area contributed by atoms with Crippen molar-refractivity contribution in [2.24, 2.45) is 0 Å². The lowest BCUT2D eigenvalue weighted by Gasteiger charge is -1.96. The maximum Gasteiger partial charge on any atom is 0.239 e. The predicted molar refractivity (Wildman–Crippen MR) is 45.2 cm³/mol. The van der Waals surface area contributed by atoms with Crippen molar-refractivity contribution >= 4 is 19.7 Å². The number of aryl methyl sites for hydroxylation is 1. The molecule has 6 heteroatoms. The molecule has 0 aromatic carbocycles. The summed E-state index contributed by atoms with van der Waals surface area (Å²) in [5.74, 6) is -0.0963. The number of aromatic nitrogens is 2. The van der Waals surface area contributed by atoms with Crippen LogP contribution >= 0.6 is 10.7 Å². The summed E-state index contributed by atoms with van der Waals surface area (Å²) in [5.41, 5.74) is 0.723. The molecule has 0 aliphatic carbocycles. The van der Waals surface area contributed by atoms with E-state index in [2.05, 4.69) is 9.97 Å². The van der Waals surface area contributed by atoms with Crippen LogP contribution in [0.5, 0.6) is 0 Å². The van der Waals surface area contributed by atoms with Gasteiger partial charge in [-0.3, -0.25) is 0 Å². The number of hydrogen-bond donors (Lipinski definition) is 0. The molecule has 66 valence electrons. The van der Waals surface area contributed by atoms with Crippen molar-refractivity contribution in [3.8, 4) is 0 Å². The standard InChI is InChI=1S/C6H7ClN2O2S/c1-5-2-3-8-6(9-5)4-12(7,10)11/h2-3H,4H2,1H3. The molecule has 0 saturated heterocycles. The minimum atomic E-state index is -3.55. The van der Waals surface area contributed by atoms with Gasteiger partial charge in [-0.1, -0.05) is 0 Å². The van der Waals surface area contributed by atoms with E-state index in [1.54, 1.807) is 13.0 Å². The summed E-state index contributed by atoms with van der Waals surface area (Å²) < 4.78 is 21.2. The van der Waals surface area contributed by atoms with E-state index in [1.165, 1.54) is 6.20 Å². The van der Waals surface area contributed by atoms with Gasteiger partial charge in [-0.25, -0.2) is 18.4 Å². The molecule has 0 bridgehead atoms. The van der Waals surface area contributed by atoms with Crippen molar-refractivity contribution in [3.63, 3.8) is 0 Å².